The monoisotopic (exact) mass is 426 g/mol. The van der Waals surface area contributed by atoms with E-state index in [0.717, 1.165) is 0 Å². The predicted molar refractivity (Wildman–Crippen MR) is 111 cm³/mol. The van der Waals surface area contributed by atoms with Gasteiger partial charge in [0.1, 0.15) is 17.0 Å². The number of aliphatic hydroxyl groups is 1. The van der Waals surface area contributed by atoms with Crippen molar-refractivity contribution in [2.45, 2.75) is 38.3 Å². The zero-order valence-electron chi connectivity index (χ0n) is 17.1. The molecule has 2 aromatic heterocycles. The lowest BCUT2D eigenvalue weighted by atomic mass is 10.00. The van der Waals surface area contributed by atoms with Crippen LogP contribution in [0, 0.1) is 5.82 Å². The Morgan fingerprint density at radius 3 is 2.87 bits per heavy atom. The van der Waals surface area contributed by atoms with E-state index in [1.165, 1.54) is 18.4 Å². The Balaban J connectivity index is 1.61. The summed E-state index contributed by atoms with van der Waals surface area (Å²) in [7, 11) is 0. The molecule has 0 aliphatic carbocycles. The van der Waals surface area contributed by atoms with Gasteiger partial charge in [0.25, 0.3) is 5.91 Å². The molecule has 1 amide bonds. The lowest BCUT2D eigenvalue weighted by Crippen LogP contribution is -2.48. The van der Waals surface area contributed by atoms with Gasteiger partial charge in [0, 0.05) is 31.1 Å². The number of hydrogen-bond donors (Lipinski definition) is 2. The van der Waals surface area contributed by atoms with Crippen LogP contribution in [0.3, 0.4) is 0 Å². The first kappa shape index (κ1) is 21.1. The normalized spacial score (nSPS) is 18.8. The highest BCUT2D eigenvalue weighted by molar-refractivity contribution is 5.96. The summed E-state index contributed by atoms with van der Waals surface area (Å²) in [4.78, 5) is 29.0. The molecule has 0 saturated carbocycles. The number of furan rings is 1. The number of hydrogen-bond acceptors (Lipinski definition) is 6. The topological polar surface area (TPSA) is 102 Å². The Labute approximate surface area is 178 Å². The number of ketones is 1. The number of carbonyl (C=O) groups excluding carboxylic acids is 2. The summed E-state index contributed by atoms with van der Waals surface area (Å²) in [6, 6.07) is 7.36. The first-order valence-electron chi connectivity index (χ1n) is 10.2. The third-order valence-corrected chi connectivity index (χ3v) is 5.41. The molecular formula is C23H23FN2O5. The van der Waals surface area contributed by atoms with E-state index in [1.807, 2.05) is 0 Å². The first-order chi connectivity index (χ1) is 15.0. The second kappa shape index (κ2) is 8.95. The third-order valence-electron chi connectivity index (χ3n) is 5.41. The van der Waals surface area contributed by atoms with Crippen molar-refractivity contribution in [1.29, 1.82) is 0 Å². The zero-order chi connectivity index (χ0) is 22.0. The van der Waals surface area contributed by atoms with Gasteiger partial charge in [-0.25, -0.2) is 9.37 Å². The van der Waals surface area contributed by atoms with Crippen molar-refractivity contribution in [3.05, 3.63) is 64.8 Å². The molecule has 4 rings (SSSR count). The molecule has 1 saturated heterocycles. The lowest BCUT2D eigenvalue weighted by molar-refractivity contribution is -0.0261. The molecular weight excluding hydrogens is 403 g/mol. The number of benzene rings is 1. The fourth-order valence-corrected chi connectivity index (χ4v) is 3.71. The van der Waals surface area contributed by atoms with Crippen molar-refractivity contribution in [2.75, 3.05) is 13.2 Å². The minimum Gasteiger partial charge on any atom is -0.462 e. The Hall–Kier alpha value is -3.10. The summed E-state index contributed by atoms with van der Waals surface area (Å²) in [6.45, 7) is 2.32. The highest BCUT2D eigenvalue weighted by Gasteiger charge is 2.26. The average molecular weight is 426 g/mol. The van der Waals surface area contributed by atoms with Crippen molar-refractivity contribution < 1.29 is 28.2 Å². The van der Waals surface area contributed by atoms with Gasteiger partial charge >= 0.3 is 0 Å². The van der Waals surface area contributed by atoms with Crippen LogP contribution in [0.15, 0.2) is 41.0 Å². The van der Waals surface area contributed by atoms with Gasteiger partial charge in [0.2, 0.25) is 0 Å². The van der Waals surface area contributed by atoms with Crippen LogP contribution in [0.2, 0.25) is 0 Å². The molecule has 0 spiro atoms. The number of fused-ring (bicyclic) bond motifs is 1. The fraction of sp³-hybridized carbons (Fsp3) is 0.348. The number of amides is 1. The van der Waals surface area contributed by atoms with Crippen LogP contribution in [0.5, 0.6) is 0 Å². The van der Waals surface area contributed by atoms with Gasteiger partial charge in [-0.3, -0.25) is 9.59 Å². The second-order valence-electron chi connectivity index (χ2n) is 7.58. The molecule has 1 aliphatic rings. The van der Waals surface area contributed by atoms with Gasteiger partial charge in [0.05, 0.1) is 30.6 Å². The summed E-state index contributed by atoms with van der Waals surface area (Å²) in [6.07, 6.45) is 1.74. The average Bonchev–Trinajstić information content (AvgIpc) is 3.24. The van der Waals surface area contributed by atoms with Crippen LogP contribution in [0.25, 0.3) is 11.1 Å². The maximum absolute atomic E-state index is 14.4. The highest BCUT2D eigenvalue weighted by Crippen LogP contribution is 2.24. The van der Waals surface area contributed by atoms with E-state index in [-0.39, 0.29) is 30.1 Å². The number of aromatic nitrogens is 1. The molecule has 0 unspecified atom stereocenters. The Bertz CT molecular complexity index is 1130. The van der Waals surface area contributed by atoms with Gasteiger partial charge < -0.3 is 19.6 Å². The number of carbonyl (C=O) groups is 2. The maximum atomic E-state index is 14.4. The van der Waals surface area contributed by atoms with Crippen LogP contribution in [-0.2, 0) is 11.2 Å². The molecule has 31 heavy (non-hydrogen) atoms. The van der Waals surface area contributed by atoms with E-state index in [9.17, 15) is 19.1 Å². The standard InChI is InChI=1S/C23H23FN2O5/c1-2-20(27)15-4-3-13(10-16(15)24)9-14-11-19(25-18-6-8-31-22(14)18)23(29)26-17-5-7-30-12-21(17)28/h3-4,6,8,10-11,17,21,28H,2,5,7,9,12H2,1H3,(H,26,29)/t17-,21-/m0/s1. The number of rotatable bonds is 6. The summed E-state index contributed by atoms with van der Waals surface area (Å²) < 4.78 is 25.1. The maximum Gasteiger partial charge on any atom is 0.270 e. The summed E-state index contributed by atoms with van der Waals surface area (Å²) in [5.41, 5.74) is 2.58. The molecule has 8 heteroatoms. The number of aliphatic hydroxyl groups excluding tert-OH is 1. The van der Waals surface area contributed by atoms with Crippen LogP contribution in [-0.4, -0.2) is 47.1 Å². The smallest absolute Gasteiger partial charge is 0.270 e. The van der Waals surface area contributed by atoms with Crippen molar-refractivity contribution in [3.63, 3.8) is 0 Å². The highest BCUT2D eigenvalue weighted by atomic mass is 19.1. The van der Waals surface area contributed by atoms with Crippen molar-refractivity contribution in [2.24, 2.45) is 0 Å². The van der Waals surface area contributed by atoms with E-state index < -0.39 is 23.9 Å². The van der Waals surface area contributed by atoms with E-state index in [1.54, 1.807) is 25.1 Å². The van der Waals surface area contributed by atoms with Gasteiger partial charge in [-0.15, -0.1) is 0 Å². The summed E-state index contributed by atoms with van der Waals surface area (Å²) in [5.74, 6) is -1.23. The van der Waals surface area contributed by atoms with E-state index in [4.69, 9.17) is 9.15 Å². The molecule has 7 nitrogen and oxygen atoms in total. The molecule has 3 heterocycles. The molecule has 162 valence electrons. The quantitative estimate of drug-likeness (QED) is 0.588. The number of Topliss-reactive ketones (excluding diaryl/α,β-unsaturated/α-hetero) is 1. The fourth-order valence-electron chi connectivity index (χ4n) is 3.71. The van der Waals surface area contributed by atoms with E-state index in [0.29, 0.717) is 41.7 Å². The molecule has 2 N–H and O–H groups in total. The Morgan fingerprint density at radius 1 is 1.29 bits per heavy atom. The number of halogens is 1. The number of ether oxygens (including phenoxy) is 1. The second-order valence-corrected chi connectivity index (χ2v) is 7.58. The Morgan fingerprint density at radius 2 is 2.13 bits per heavy atom. The Kier molecular flexibility index (Phi) is 6.11. The minimum atomic E-state index is -0.776. The molecule has 1 fully saturated rings. The number of nitrogens with zero attached hydrogens (tertiary/aromatic N) is 1. The summed E-state index contributed by atoms with van der Waals surface area (Å²) in [5, 5.41) is 12.8. The third kappa shape index (κ3) is 4.50. The molecule has 3 aromatic rings. The molecule has 2 atom stereocenters. The van der Waals surface area contributed by atoms with E-state index >= 15 is 0 Å². The van der Waals surface area contributed by atoms with Crippen LogP contribution >= 0.6 is 0 Å². The number of pyridine rings is 1. The van der Waals surface area contributed by atoms with Crippen LogP contribution in [0.4, 0.5) is 4.39 Å². The largest absolute Gasteiger partial charge is 0.462 e. The molecule has 0 radical (unpaired) electrons. The molecule has 0 bridgehead atoms. The first-order valence-corrected chi connectivity index (χ1v) is 10.2. The van der Waals surface area contributed by atoms with Crippen molar-refractivity contribution in [1.82, 2.24) is 10.3 Å². The van der Waals surface area contributed by atoms with Crippen molar-refractivity contribution in [3.8, 4) is 0 Å². The van der Waals surface area contributed by atoms with E-state index in [2.05, 4.69) is 10.3 Å². The minimum absolute atomic E-state index is 0.0687. The number of nitrogens with one attached hydrogen (secondary N) is 1. The predicted octanol–water partition coefficient (Wildman–Crippen LogP) is 3.03. The van der Waals surface area contributed by atoms with Crippen LogP contribution < -0.4 is 5.32 Å². The van der Waals surface area contributed by atoms with Gasteiger partial charge in [-0.2, -0.15) is 0 Å². The SMILES string of the molecule is CCC(=O)c1ccc(Cc2cc(C(=O)N[C@H]3CCOC[C@@H]3O)nc3ccoc23)cc1F. The summed E-state index contributed by atoms with van der Waals surface area (Å²) >= 11 is 0. The molecule has 1 aromatic carbocycles. The van der Waals surface area contributed by atoms with Crippen LogP contribution in [0.1, 0.15) is 51.7 Å². The van der Waals surface area contributed by atoms with Gasteiger partial charge in [0.15, 0.2) is 11.4 Å². The molecule has 1 aliphatic heterocycles. The zero-order valence-corrected chi connectivity index (χ0v) is 17.1. The van der Waals surface area contributed by atoms with Crippen molar-refractivity contribution >= 4 is 22.8 Å². The lowest BCUT2D eigenvalue weighted by Gasteiger charge is -2.28. The van der Waals surface area contributed by atoms with Gasteiger partial charge in [-0.05, 0) is 30.2 Å². The van der Waals surface area contributed by atoms with Gasteiger partial charge in [-0.1, -0.05) is 13.0 Å².